The number of nitro benzene ring substituents is 1. The molecule has 20 heavy (non-hydrogen) atoms. The van der Waals surface area contributed by atoms with Crippen LogP contribution < -0.4 is 5.32 Å². The Hall–Kier alpha value is -2.48. The van der Waals surface area contributed by atoms with Gasteiger partial charge in [0.05, 0.1) is 11.3 Å². The molecule has 0 aliphatic heterocycles. The first-order chi connectivity index (χ1) is 9.13. The van der Waals surface area contributed by atoms with Crippen LogP contribution in [0.3, 0.4) is 0 Å². The zero-order chi connectivity index (χ0) is 15.5. The van der Waals surface area contributed by atoms with Gasteiger partial charge < -0.3 is 15.5 Å². The van der Waals surface area contributed by atoms with E-state index >= 15 is 0 Å². The van der Waals surface area contributed by atoms with Gasteiger partial charge in [0.25, 0.3) is 11.6 Å². The molecule has 0 saturated carbocycles. The third-order valence-corrected chi connectivity index (χ3v) is 2.64. The van der Waals surface area contributed by atoms with Gasteiger partial charge in [0, 0.05) is 17.3 Å². The number of aliphatic hydroxyl groups is 1. The lowest BCUT2D eigenvalue weighted by Gasteiger charge is -2.20. The summed E-state index contributed by atoms with van der Waals surface area (Å²) in [5, 5.41) is 31.3. The molecular weight excluding hydrogens is 268 g/mol. The van der Waals surface area contributed by atoms with E-state index in [-0.39, 0.29) is 11.4 Å². The number of nitro groups is 1. The van der Waals surface area contributed by atoms with Gasteiger partial charge in [-0.1, -0.05) is 0 Å². The van der Waals surface area contributed by atoms with E-state index in [1.807, 2.05) is 0 Å². The molecule has 0 aliphatic rings. The van der Waals surface area contributed by atoms with Crippen LogP contribution in [0.2, 0.25) is 0 Å². The molecule has 0 spiro atoms. The third kappa shape index (κ3) is 3.75. The highest BCUT2D eigenvalue weighted by molar-refractivity contribution is 5.99. The Balaban J connectivity index is 2.89. The molecule has 1 aromatic carbocycles. The summed E-state index contributed by atoms with van der Waals surface area (Å²) in [5.74, 6) is -2.21. The molecule has 0 unspecified atom stereocenters. The van der Waals surface area contributed by atoms with Crippen LogP contribution in [0.5, 0.6) is 0 Å². The van der Waals surface area contributed by atoms with E-state index in [9.17, 15) is 24.8 Å². The summed E-state index contributed by atoms with van der Waals surface area (Å²) in [6.07, 6.45) is -0.745. The number of hydrogen-bond donors (Lipinski definition) is 3. The van der Waals surface area contributed by atoms with Crippen molar-refractivity contribution >= 4 is 23.3 Å². The minimum atomic E-state index is -2.07. The van der Waals surface area contributed by atoms with Crippen molar-refractivity contribution in [2.45, 2.75) is 25.9 Å². The maximum atomic E-state index is 11.7. The molecule has 0 fully saturated rings. The summed E-state index contributed by atoms with van der Waals surface area (Å²) in [5.41, 5.74) is -1.59. The van der Waals surface area contributed by atoms with Crippen molar-refractivity contribution in [3.63, 3.8) is 0 Å². The van der Waals surface area contributed by atoms with E-state index in [1.165, 1.54) is 25.1 Å². The molecule has 0 aromatic heterocycles. The lowest BCUT2D eigenvalue weighted by molar-refractivity contribution is -0.385. The summed E-state index contributed by atoms with van der Waals surface area (Å²) in [7, 11) is 0. The fraction of sp³-hybridized carbons (Fsp3) is 0.333. The highest BCUT2D eigenvalue weighted by Crippen LogP contribution is 2.22. The lowest BCUT2D eigenvalue weighted by atomic mass is 10.0. The van der Waals surface area contributed by atoms with Crippen LogP contribution in [-0.4, -0.2) is 32.6 Å². The van der Waals surface area contributed by atoms with Crippen molar-refractivity contribution in [3.05, 3.63) is 33.9 Å². The first-order valence-electron chi connectivity index (χ1n) is 5.64. The molecule has 1 aromatic rings. The Bertz CT molecular complexity index is 567. The average Bonchev–Trinajstić information content (AvgIpc) is 2.26. The molecule has 1 rings (SSSR count). The molecule has 0 radical (unpaired) electrons. The van der Waals surface area contributed by atoms with Crippen LogP contribution >= 0.6 is 0 Å². The standard InChI is InChI=1S/C12H14N2O6/c1-7-5-8(3-4-9(7)14(19)20)13-11(17)12(2,18)6-10(15)16/h3-5,18H,6H2,1-2H3,(H,13,17)(H,15,16)/t12-/m0/s1. The normalized spacial score (nSPS) is 13.3. The quantitative estimate of drug-likeness (QED) is 0.547. The first kappa shape index (κ1) is 15.6. The topological polar surface area (TPSA) is 130 Å². The number of carboxylic acid groups (broad SMARTS) is 1. The fourth-order valence-corrected chi connectivity index (χ4v) is 1.58. The van der Waals surface area contributed by atoms with E-state index in [4.69, 9.17) is 5.11 Å². The summed E-state index contributed by atoms with van der Waals surface area (Å²) in [6.45, 7) is 2.58. The summed E-state index contributed by atoms with van der Waals surface area (Å²) < 4.78 is 0. The third-order valence-electron chi connectivity index (χ3n) is 2.64. The van der Waals surface area contributed by atoms with Crippen molar-refractivity contribution in [3.8, 4) is 0 Å². The SMILES string of the molecule is Cc1cc(NC(=O)[C@@](C)(O)CC(=O)O)ccc1[N+](=O)[O-]. The largest absolute Gasteiger partial charge is 0.481 e. The molecule has 0 heterocycles. The number of hydrogen-bond acceptors (Lipinski definition) is 5. The first-order valence-corrected chi connectivity index (χ1v) is 5.64. The number of carbonyl (C=O) groups excluding carboxylic acids is 1. The second-order valence-electron chi connectivity index (χ2n) is 4.56. The van der Waals surface area contributed by atoms with Gasteiger partial charge in [-0.25, -0.2) is 0 Å². The van der Waals surface area contributed by atoms with Crippen molar-refractivity contribution in [2.75, 3.05) is 5.32 Å². The van der Waals surface area contributed by atoms with Gasteiger partial charge in [0.1, 0.15) is 0 Å². The zero-order valence-electron chi connectivity index (χ0n) is 10.9. The molecule has 1 amide bonds. The maximum absolute atomic E-state index is 11.7. The second-order valence-corrected chi connectivity index (χ2v) is 4.56. The number of nitrogens with one attached hydrogen (secondary N) is 1. The van der Waals surface area contributed by atoms with E-state index in [2.05, 4.69) is 5.32 Å². The van der Waals surface area contributed by atoms with Gasteiger partial charge in [-0.3, -0.25) is 19.7 Å². The minimum absolute atomic E-state index is 0.0969. The van der Waals surface area contributed by atoms with Crippen LogP contribution in [0.25, 0.3) is 0 Å². The van der Waals surface area contributed by atoms with Crippen molar-refractivity contribution in [1.29, 1.82) is 0 Å². The Morgan fingerprint density at radius 2 is 2.05 bits per heavy atom. The van der Waals surface area contributed by atoms with E-state index in [0.29, 0.717) is 5.56 Å². The Labute approximate surface area is 114 Å². The van der Waals surface area contributed by atoms with Crippen LogP contribution in [0.1, 0.15) is 18.9 Å². The van der Waals surface area contributed by atoms with Crippen molar-refractivity contribution in [1.82, 2.24) is 0 Å². The van der Waals surface area contributed by atoms with Crippen molar-refractivity contribution < 1.29 is 24.7 Å². The van der Waals surface area contributed by atoms with E-state index in [1.54, 1.807) is 0 Å². The van der Waals surface area contributed by atoms with Crippen LogP contribution in [0, 0.1) is 17.0 Å². The average molecular weight is 282 g/mol. The molecular formula is C12H14N2O6. The molecule has 0 aliphatic carbocycles. The van der Waals surface area contributed by atoms with Gasteiger partial charge in [-0.05, 0) is 26.0 Å². The van der Waals surface area contributed by atoms with E-state index in [0.717, 1.165) is 6.92 Å². The number of nitrogens with zero attached hydrogens (tertiary/aromatic N) is 1. The van der Waals surface area contributed by atoms with Crippen LogP contribution in [0.4, 0.5) is 11.4 Å². The summed E-state index contributed by atoms with van der Waals surface area (Å²) in [6, 6.07) is 3.89. The Morgan fingerprint density at radius 3 is 2.50 bits per heavy atom. The van der Waals surface area contributed by atoms with Crippen LogP contribution in [-0.2, 0) is 9.59 Å². The number of carboxylic acids is 1. The maximum Gasteiger partial charge on any atom is 0.306 e. The predicted molar refractivity (Wildman–Crippen MR) is 69.3 cm³/mol. The molecule has 8 nitrogen and oxygen atoms in total. The highest BCUT2D eigenvalue weighted by atomic mass is 16.6. The second kappa shape index (κ2) is 5.66. The summed E-state index contributed by atoms with van der Waals surface area (Å²) >= 11 is 0. The highest BCUT2D eigenvalue weighted by Gasteiger charge is 2.33. The molecule has 1 atom stereocenters. The number of anilines is 1. The number of carbonyl (C=O) groups is 2. The predicted octanol–water partition coefficient (Wildman–Crippen LogP) is 1.07. The monoisotopic (exact) mass is 282 g/mol. The number of amides is 1. The molecule has 108 valence electrons. The smallest absolute Gasteiger partial charge is 0.306 e. The van der Waals surface area contributed by atoms with Gasteiger partial charge in [-0.2, -0.15) is 0 Å². The van der Waals surface area contributed by atoms with Gasteiger partial charge >= 0.3 is 5.97 Å². The fourth-order valence-electron chi connectivity index (χ4n) is 1.58. The number of aliphatic carboxylic acids is 1. The molecule has 0 bridgehead atoms. The number of rotatable bonds is 5. The number of benzene rings is 1. The van der Waals surface area contributed by atoms with Crippen molar-refractivity contribution in [2.24, 2.45) is 0 Å². The molecule has 8 heteroatoms. The number of aryl methyl sites for hydroxylation is 1. The molecule has 0 saturated heterocycles. The van der Waals surface area contributed by atoms with Gasteiger partial charge in [-0.15, -0.1) is 0 Å². The van der Waals surface area contributed by atoms with Gasteiger partial charge in [0.2, 0.25) is 0 Å². The lowest BCUT2D eigenvalue weighted by Crippen LogP contribution is -2.41. The van der Waals surface area contributed by atoms with E-state index < -0.39 is 28.8 Å². The van der Waals surface area contributed by atoms with Gasteiger partial charge in [0.15, 0.2) is 5.60 Å². The Morgan fingerprint density at radius 1 is 1.45 bits per heavy atom. The minimum Gasteiger partial charge on any atom is -0.481 e. The summed E-state index contributed by atoms with van der Waals surface area (Å²) in [4.78, 5) is 32.4. The zero-order valence-corrected chi connectivity index (χ0v) is 10.9. The Kier molecular flexibility index (Phi) is 4.41. The molecule has 3 N–H and O–H groups in total. The van der Waals surface area contributed by atoms with Crippen LogP contribution in [0.15, 0.2) is 18.2 Å².